The second-order valence-electron chi connectivity index (χ2n) is 8.16. The van der Waals surface area contributed by atoms with Crippen LogP contribution < -0.4 is 0 Å². The van der Waals surface area contributed by atoms with Crippen molar-refractivity contribution in [1.82, 2.24) is 19.4 Å². The summed E-state index contributed by atoms with van der Waals surface area (Å²) in [5.74, 6) is 2.21. The number of aliphatic hydroxyl groups is 1. The maximum Gasteiger partial charge on any atom is 0.107 e. The number of nitrogens with zero attached hydrogens (tertiary/aromatic N) is 4. The van der Waals surface area contributed by atoms with Gasteiger partial charge >= 0.3 is 0 Å². The second-order valence-corrected chi connectivity index (χ2v) is 8.16. The highest BCUT2D eigenvalue weighted by Crippen LogP contribution is 2.43. The molecular weight excluding hydrogens is 336 g/mol. The van der Waals surface area contributed by atoms with E-state index < -0.39 is 0 Å². The summed E-state index contributed by atoms with van der Waals surface area (Å²) in [5.41, 5.74) is 3.29. The van der Waals surface area contributed by atoms with E-state index in [1.54, 1.807) is 0 Å². The standard InChI is InChI=1S/C22H26N4O/c1-15-24-19-7-2-3-8-20(19)26(15)21-10-16-12-25(13-17(16)11-22(21)27)14-18-6-4-5-9-23-18/h2-9,16-17,21-22,27H,10-14H2,1H3/t16-,17+,21-,22-/m0/s1. The predicted molar refractivity (Wildman–Crippen MR) is 105 cm³/mol. The first-order valence-corrected chi connectivity index (χ1v) is 9.93. The van der Waals surface area contributed by atoms with Crippen molar-refractivity contribution in [2.75, 3.05) is 13.1 Å². The van der Waals surface area contributed by atoms with Crippen LogP contribution in [-0.2, 0) is 6.54 Å². The van der Waals surface area contributed by atoms with Gasteiger partial charge in [0, 0.05) is 25.8 Å². The molecule has 1 aromatic carbocycles. The van der Waals surface area contributed by atoms with Gasteiger partial charge in [0.2, 0.25) is 0 Å². The topological polar surface area (TPSA) is 54.2 Å². The number of aliphatic hydroxyl groups excluding tert-OH is 1. The molecule has 0 spiro atoms. The molecule has 3 aromatic rings. The number of aromatic nitrogens is 3. The molecule has 4 atom stereocenters. The molecule has 1 aliphatic heterocycles. The van der Waals surface area contributed by atoms with Crippen molar-refractivity contribution >= 4 is 11.0 Å². The van der Waals surface area contributed by atoms with Crippen molar-refractivity contribution in [2.24, 2.45) is 11.8 Å². The van der Waals surface area contributed by atoms with Crippen LogP contribution >= 0.6 is 0 Å². The number of hydrogen-bond donors (Lipinski definition) is 1. The Morgan fingerprint density at radius 1 is 1.04 bits per heavy atom. The minimum absolute atomic E-state index is 0.119. The van der Waals surface area contributed by atoms with Gasteiger partial charge in [-0.05, 0) is 55.9 Å². The van der Waals surface area contributed by atoms with Crippen LogP contribution in [0.3, 0.4) is 0 Å². The molecule has 5 nitrogen and oxygen atoms in total. The molecule has 5 rings (SSSR count). The van der Waals surface area contributed by atoms with Gasteiger partial charge in [-0.3, -0.25) is 9.88 Å². The quantitative estimate of drug-likeness (QED) is 0.777. The van der Waals surface area contributed by atoms with Crippen LogP contribution in [0.25, 0.3) is 11.0 Å². The molecule has 0 radical (unpaired) electrons. The van der Waals surface area contributed by atoms with E-state index in [0.717, 1.165) is 55.0 Å². The number of likely N-dealkylation sites (tertiary alicyclic amines) is 1. The molecule has 0 bridgehead atoms. The summed E-state index contributed by atoms with van der Waals surface area (Å²) in [4.78, 5) is 11.7. The van der Waals surface area contributed by atoms with Gasteiger partial charge in [-0.2, -0.15) is 0 Å². The van der Waals surface area contributed by atoms with E-state index in [0.29, 0.717) is 11.8 Å². The molecule has 1 saturated heterocycles. The van der Waals surface area contributed by atoms with Crippen LogP contribution in [0.15, 0.2) is 48.7 Å². The van der Waals surface area contributed by atoms with E-state index in [1.165, 1.54) is 0 Å². The lowest BCUT2D eigenvalue weighted by molar-refractivity contribution is 0.0366. The van der Waals surface area contributed by atoms with Crippen molar-refractivity contribution < 1.29 is 5.11 Å². The smallest absolute Gasteiger partial charge is 0.107 e. The molecular formula is C22H26N4O. The summed E-state index contributed by atoms with van der Waals surface area (Å²) < 4.78 is 2.28. The van der Waals surface area contributed by atoms with Crippen molar-refractivity contribution in [3.63, 3.8) is 0 Å². The first-order valence-electron chi connectivity index (χ1n) is 9.93. The Labute approximate surface area is 159 Å². The van der Waals surface area contributed by atoms with Gasteiger partial charge in [-0.1, -0.05) is 18.2 Å². The average molecular weight is 362 g/mol. The highest BCUT2D eigenvalue weighted by Gasteiger charge is 2.42. The van der Waals surface area contributed by atoms with Crippen LogP contribution in [0.1, 0.15) is 30.4 Å². The maximum absolute atomic E-state index is 11.0. The third-order valence-electron chi connectivity index (χ3n) is 6.40. The molecule has 5 heteroatoms. The molecule has 1 saturated carbocycles. The monoisotopic (exact) mass is 362 g/mol. The van der Waals surface area contributed by atoms with E-state index >= 15 is 0 Å². The number of benzene rings is 1. The normalized spacial score (nSPS) is 28.5. The number of rotatable bonds is 3. The van der Waals surface area contributed by atoms with Crippen LogP contribution in [0.2, 0.25) is 0 Å². The van der Waals surface area contributed by atoms with Crippen LogP contribution in [0, 0.1) is 18.8 Å². The fourth-order valence-corrected chi connectivity index (χ4v) is 5.22. The number of imidazole rings is 1. The highest BCUT2D eigenvalue weighted by atomic mass is 16.3. The molecule has 2 aromatic heterocycles. The summed E-state index contributed by atoms with van der Waals surface area (Å²) in [6.07, 6.45) is 3.45. The Kier molecular flexibility index (Phi) is 4.21. The molecule has 27 heavy (non-hydrogen) atoms. The van der Waals surface area contributed by atoms with Gasteiger partial charge in [0.15, 0.2) is 0 Å². The summed E-state index contributed by atoms with van der Waals surface area (Å²) in [7, 11) is 0. The zero-order valence-electron chi connectivity index (χ0n) is 15.7. The molecule has 2 aliphatic rings. The Morgan fingerprint density at radius 2 is 1.81 bits per heavy atom. The number of hydrogen-bond acceptors (Lipinski definition) is 4. The third kappa shape index (κ3) is 3.05. The SMILES string of the molecule is Cc1nc2ccccc2n1[C@H]1C[C@H]2CN(Cc3ccccn3)C[C@H]2C[C@@H]1O. The predicted octanol–water partition coefficient (Wildman–Crippen LogP) is 3.18. The first kappa shape index (κ1) is 16.9. The molecule has 2 fully saturated rings. The highest BCUT2D eigenvalue weighted by molar-refractivity contribution is 5.76. The van der Waals surface area contributed by atoms with Crippen molar-refractivity contribution in [3.05, 3.63) is 60.2 Å². The van der Waals surface area contributed by atoms with Gasteiger partial charge in [0.1, 0.15) is 5.82 Å². The molecule has 0 amide bonds. The Balaban J connectivity index is 1.37. The molecule has 3 heterocycles. The minimum Gasteiger partial charge on any atom is -0.391 e. The zero-order chi connectivity index (χ0) is 18.4. The van der Waals surface area contributed by atoms with Crippen LogP contribution in [0.4, 0.5) is 0 Å². The van der Waals surface area contributed by atoms with Gasteiger partial charge in [0.25, 0.3) is 0 Å². The Bertz CT molecular complexity index is 938. The van der Waals surface area contributed by atoms with E-state index in [2.05, 4.69) is 51.7 Å². The maximum atomic E-state index is 11.0. The summed E-state index contributed by atoms with van der Waals surface area (Å²) >= 11 is 0. The number of para-hydroxylation sites is 2. The van der Waals surface area contributed by atoms with E-state index in [9.17, 15) is 5.11 Å². The Morgan fingerprint density at radius 3 is 2.63 bits per heavy atom. The van der Waals surface area contributed by atoms with E-state index in [4.69, 9.17) is 4.98 Å². The summed E-state index contributed by atoms with van der Waals surface area (Å²) in [5, 5.41) is 11.0. The van der Waals surface area contributed by atoms with Crippen LogP contribution in [0.5, 0.6) is 0 Å². The molecule has 1 N–H and O–H groups in total. The van der Waals surface area contributed by atoms with Crippen LogP contribution in [-0.4, -0.2) is 43.7 Å². The van der Waals surface area contributed by atoms with Gasteiger partial charge in [0.05, 0.1) is 28.9 Å². The van der Waals surface area contributed by atoms with Crippen molar-refractivity contribution in [3.8, 4) is 0 Å². The van der Waals surface area contributed by atoms with Crippen molar-refractivity contribution in [1.29, 1.82) is 0 Å². The van der Waals surface area contributed by atoms with E-state index in [-0.39, 0.29) is 12.1 Å². The molecule has 1 aliphatic carbocycles. The zero-order valence-corrected chi connectivity index (χ0v) is 15.7. The van der Waals surface area contributed by atoms with Gasteiger partial charge in [-0.15, -0.1) is 0 Å². The van der Waals surface area contributed by atoms with E-state index in [1.807, 2.05) is 18.3 Å². The van der Waals surface area contributed by atoms with Crippen molar-refractivity contribution in [2.45, 2.75) is 38.5 Å². The minimum atomic E-state index is -0.308. The number of pyridine rings is 1. The van der Waals surface area contributed by atoms with Gasteiger partial charge < -0.3 is 9.67 Å². The Hall–Kier alpha value is -2.24. The second kappa shape index (κ2) is 6.73. The summed E-state index contributed by atoms with van der Waals surface area (Å²) in [6, 6.07) is 14.5. The fraction of sp³-hybridized carbons (Fsp3) is 0.455. The molecule has 140 valence electrons. The fourth-order valence-electron chi connectivity index (χ4n) is 5.22. The first-order chi connectivity index (χ1) is 13.2. The molecule has 0 unspecified atom stereocenters. The average Bonchev–Trinajstić information content (AvgIpc) is 3.20. The lowest BCUT2D eigenvalue weighted by Gasteiger charge is -2.36. The lowest BCUT2D eigenvalue weighted by Crippen LogP contribution is -2.36. The largest absolute Gasteiger partial charge is 0.391 e. The lowest BCUT2D eigenvalue weighted by atomic mass is 9.77. The number of aryl methyl sites for hydroxylation is 1. The third-order valence-corrected chi connectivity index (χ3v) is 6.40. The summed E-state index contributed by atoms with van der Waals surface area (Å²) in [6.45, 7) is 5.12. The number of fused-ring (bicyclic) bond motifs is 2. The van der Waals surface area contributed by atoms with Gasteiger partial charge in [-0.25, -0.2) is 4.98 Å².